The summed E-state index contributed by atoms with van der Waals surface area (Å²) >= 11 is 0. The topological polar surface area (TPSA) is 44.5 Å². The third kappa shape index (κ3) is 4.40. The van der Waals surface area contributed by atoms with Crippen LogP contribution in [0.1, 0.15) is 45.4 Å². The highest BCUT2D eigenvalue weighted by molar-refractivity contribution is 4.65. The summed E-state index contributed by atoms with van der Waals surface area (Å²) in [6.07, 6.45) is 7.67. The Hall–Kier alpha value is -0.120. The minimum absolute atomic E-state index is 0.0187. The van der Waals surface area contributed by atoms with E-state index in [-0.39, 0.29) is 12.4 Å². The largest absolute Gasteiger partial charge is 0.350 e. The van der Waals surface area contributed by atoms with Crippen molar-refractivity contribution in [3.05, 3.63) is 0 Å². The first-order chi connectivity index (χ1) is 6.86. The summed E-state index contributed by atoms with van der Waals surface area (Å²) in [4.78, 5) is 0. The van der Waals surface area contributed by atoms with Gasteiger partial charge in [-0.25, -0.2) is 0 Å². The molecule has 0 aromatic carbocycles. The molecular weight excluding hydrogens is 178 g/mol. The third-order valence-corrected chi connectivity index (χ3v) is 2.62. The van der Waals surface area contributed by atoms with Gasteiger partial charge in [-0.2, -0.15) is 0 Å². The standard InChI is InChI=1S/C11H23NO2/c1-2-3-4-5-6-7-11-13-9-10(8-12)14-11/h10-11H,2-9,12H2,1H3. The van der Waals surface area contributed by atoms with E-state index >= 15 is 0 Å². The van der Waals surface area contributed by atoms with Crippen molar-refractivity contribution in [1.29, 1.82) is 0 Å². The van der Waals surface area contributed by atoms with E-state index in [1.165, 1.54) is 32.1 Å². The highest BCUT2D eigenvalue weighted by Gasteiger charge is 2.23. The van der Waals surface area contributed by atoms with Gasteiger partial charge in [0.1, 0.15) is 0 Å². The van der Waals surface area contributed by atoms with Crippen molar-refractivity contribution in [3.63, 3.8) is 0 Å². The van der Waals surface area contributed by atoms with Crippen LogP contribution in [0.3, 0.4) is 0 Å². The lowest BCUT2D eigenvalue weighted by Crippen LogP contribution is -2.22. The lowest BCUT2D eigenvalue weighted by atomic mass is 10.1. The molecule has 1 fully saturated rings. The molecule has 1 aliphatic heterocycles. The number of ether oxygens (including phenoxy) is 2. The van der Waals surface area contributed by atoms with E-state index in [0.717, 1.165) is 6.42 Å². The molecule has 0 saturated carbocycles. The molecule has 0 aromatic rings. The Morgan fingerprint density at radius 2 is 2.00 bits per heavy atom. The smallest absolute Gasteiger partial charge is 0.158 e. The van der Waals surface area contributed by atoms with Crippen LogP contribution in [-0.2, 0) is 9.47 Å². The van der Waals surface area contributed by atoms with Crippen LogP contribution in [-0.4, -0.2) is 25.5 Å². The van der Waals surface area contributed by atoms with Crippen molar-refractivity contribution in [2.45, 2.75) is 57.8 Å². The average molecular weight is 201 g/mol. The highest BCUT2D eigenvalue weighted by Crippen LogP contribution is 2.17. The molecular formula is C11H23NO2. The van der Waals surface area contributed by atoms with Gasteiger partial charge >= 0.3 is 0 Å². The van der Waals surface area contributed by atoms with Crippen LogP contribution in [0.2, 0.25) is 0 Å². The molecule has 3 heteroatoms. The quantitative estimate of drug-likeness (QED) is 0.641. The Balaban J connectivity index is 1.92. The lowest BCUT2D eigenvalue weighted by Gasteiger charge is -2.09. The zero-order valence-corrected chi connectivity index (χ0v) is 9.21. The van der Waals surface area contributed by atoms with Crippen LogP contribution in [0.25, 0.3) is 0 Å². The molecule has 0 aliphatic carbocycles. The predicted octanol–water partition coefficient (Wildman–Crippen LogP) is 2.05. The maximum absolute atomic E-state index is 5.57. The molecule has 3 nitrogen and oxygen atoms in total. The zero-order valence-electron chi connectivity index (χ0n) is 9.21. The first-order valence-electron chi connectivity index (χ1n) is 5.84. The molecule has 0 amide bonds. The second-order valence-electron chi connectivity index (χ2n) is 3.96. The van der Waals surface area contributed by atoms with E-state index in [0.29, 0.717) is 13.2 Å². The summed E-state index contributed by atoms with van der Waals surface area (Å²) in [6.45, 7) is 3.48. The molecule has 1 heterocycles. The van der Waals surface area contributed by atoms with Crippen LogP contribution in [0, 0.1) is 0 Å². The van der Waals surface area contributed by atoms with Gasteiger partial charge in [0, 0.05) is 6.54 Å². The number of hydrogen-bond donors (Lipinski definition) is 1. The van der Waals surface area contributed by atoms with E-state index < -0.39 is 0 Å². The van der Waals surface area contributed by atoms with Crippen molar-refractivity contribution in [1.82, 2.24) is 0 Å². The van der Waals surface area contributed by atoms with Crippen LogP contribution < -0.4 is 5.73 Å². The SMILES string of the molecule is CCCCCCCC1OCC(CN)O1. The van der Waals surface area contributed by atoms with Gasteiger partial charge < -0.3 is 15.2 Å². The van der Waals surface area contributed by atoms with Gasteiger partial charge in [-0.1, -0.05) is 32.6 Å². The second kappa shape index (κ2) is 7.21. The van der Waals surface area contributed by atoms with Crippen molar-refractivity contribution in [3.8, 4) is 0 Å². The molecule has 1 saturated heterocycles. The Bertz CT molecular complexity index is 141. The van der Waals surface area contributed by atoms with Crippen LogP contribution in [0.15, 0.2) is 0 Å². The molecule has 14 heavy (non-hydrogen) atoms. The van der Waals surface area contributed by atoms with E-state index in [2.05, 4.69) is 6.92 Å². The fourth-order valence-electron chi connectivity index (χ4n) is 1.70. The number of rotatable bonds is 7. The first-order valence-corrected chi connectivity index (χ1v) is 5.84. The van der Waals surface area contributed by atoms with Crippen molar-refractivity contribution in [2.75, 3.05) is 13.2 Å². The molecule has 0 bridgehead atoms. The minimum Gasteiger partial charge on any atom is -0.350 e. The molecule has 2 unspecified atom stereocenters. The summed E-state index contributed by atoms with van der Waals surface area (Å²) in [5.41, 5.74) is 5.49. The van der Waals surface area contributed by atoms with Crippen LogP contribution in [0.5, 0.6) is 0 Å². The molecule has 0 aromatic heterocycles. The van der Waals surface area contributed by atoms with Crippen molar-refractivity contribution >= 4 is 0 Å². The first kappa shape index (κ1) is 12.0. The molecule has 2 N–H and O–H groups in total. The third-order valence-electron chi connectivity index (χ3n) is 2.62. The van der Waals surface area contributed by atoms with Gasteiger partial charge in [-0.05, 0) is 12.8 Å². The summed E-state index contributed by atoms with van der Waals surface area (Å²) in [7, 11) is 0. The van der Waals surface area contributed by atoms with Gasteiger partial charge in [0.05, 0.1) is 12.7 Å². The van der Waals surface area contributed by atoms with Crippen LogP contribution >= 0.6 is 0 Å². The van der Waals surface area contributed by atoms with Gasteiger partial charge in [0.25, 0.3) is 0 Å². The Kier molecular flexibility index (Phi) is 6.15. The predicted molar refractivity (Wildman–Crippen MR) is 57.0 cm³/mol. The Labute approximate surface area is 86.9 Å². The zero-order chi connectivity index (χ0) is 10.2. The maximum Gasteiger partial charge on any atom is 0.158 e. The number of hydrogen-bond acceptors (Lipinski definition) is 3. The normalized spacial score (nSPS) is 27.0. The van der Waals surface area contributed by atoms with E-state index in [1.807, 2.05) is 0 Å². The van der Waals surface area contributed by atoms with Crippen LogP contribution in [0.4, 0.5) is 0 Å². The molecule has 84 valence electrons. The minimum atomic E-state index is 0.0187. The Morgan fingerprint density at radius 1 is 1.21 bits per heavy atom. The van der Waals surface area contributed by atoms with Crippen molar-refractivity contribution in [2.24, 2.45) is 5.73 Å². The molecule has 2 atom stereocenters. The molecule has 0 radical (unpaired) electrons. The fraction of sp³-hybridized carbons (Fsp3) is 1.00. The second-order valence-corrected chi connectivity index (χ2v) is 3.96. The lowest BCUT2D eigenvalue weighted by molar-refractivity contribution is -0.0616. The van der Waals surface area contributed by atoms with Gasteiger partial charge in [-0.3, -0.25) is 0 Å². The highest BCUT2D eigenvalue weighted by atomic mass is 16.7. The van der Waals surface area contributed by atoms with E-state index in [1.54, 1.807) is 0 Å². The van der Waals surface area contributed by atoms with Gasteiger partial charge in [0.15, 0.2) is 6.29 Å². The monoisotopic (exact) mass is 201 g/mol. The summed E-state index contributed by atoms with van der Waals surface area (Å²) in [6, 6.07) is 0. The summed E-state index contributed by atoms with van der Waals surface area (Å²) < 4.78 is 11.0. The molecule has 0 spiro atoms. The van der Waals surface area contributed by atoms with Crippen molar-refractivity contribution < 1.29 is 9.47 Å². The Morgan fingerprint density at radius 3 is 2.64 bits per heavy atom. The average Bonchev–Trinajstić information content (AvgIpc) is 2.65. The maximum atomic E-state index is 5.57. The van der Waals surface area contributed by atoms with E-state index in [4.69, 9.17) is 15.2 Å². The van der Waals surface area contributed by atoms with E-state index in [9.17, 15) is 0 Å². The summed E-state index contributed by atoms with van der Waals surface area (Å²) in [5.74, 6) is 0. The number of unbranched alkanes of at least 4 members (excludes halogenated alkanes) is 4. The fourth-order valence-corrected chi connectivity index (χ4v) is 1.70. The molecule has 1 rings (SSSR count). The van der Waals surface area contributed by atoms with Gasteiger partial charge in [0.2, 0.25) is 0 Å². The number of nitrogens with two attached hydrogens (primary N) is 1. The summed E-state index contributed by atoms with van der Waals surface area (Å²) in [5, 5.41) is 0. The molecule has 1 aliphatic rings. The van der Waals surface area contributed by atoms with Gasteiger partial charge in [-0.15, -0.1) is 0 Å².